The number of ether oxygens (including phenoxy) is 2. The average molecular weight is 312 g/mol. The first-order valence-corrected chi connectivity index (χ1v) is 8.24. The maximum atomic E-state index is 6.07. The molecular formula is C21H28O2. The number of benzene rings is 1. The van der Waals surface area contributed by atoms with Crippen molar-refractivity contribution in [1.82, 2.24) is 0 Å². The molecule has 1 aromatic carbocycles. The van der Waals surface area contributed by atoms with Crippen LogP contribution in [0, 0.1) is 18.3 Å². The standard InChI is InChI=1S/C21H28O2/c1-7-17(6)10-13-19(9-3)21(22-16(4)5)23-20-14-11-18(8-2)12-15-20/h2,10-16,19,21H,6-7,9H2,1,3-5H3. The summed E-state index contributed by atoms with van der Waals surface area (Å²) in [5.41, 5.74) is 1.94. The van der Waals surface area contributed by atoms with Gasteiger partial charge in [-0.15, -0.1) is 6.42 Å². The van der Waals surface area contributed by atoms with Crippen molar-refractivity contribution in [2.24, 2.45) is 5.92 Å². The van der Waals surface area contributed by atoms with Crippen molar-refractivity contribution in [3.05, 3.63) is 54.1 Å². The highest BCUT2D eigenvalue weighted by atomic mass is 16.7. The molecule has 124 valence electrons. The Morgan fingerprint density at radius 2 is 1.91 bits per heavy atom. The highest BCUT2D eigenvalue weighted by Gasteiger charge is 2.21. The second-order valence-electron chi connectivity index (χ2n) is 5.78. The smallest absolute Gasteiger partial charge is 0.206 e. The molecule has 23 heavy (non-hydrogen) atoms. The van der Waals surface area contributed by atoms with Crippen molar-refractivity contribution in [1.29, 1.82) is 0 Å². The third-order valence-corrected chi connectivity index (χ3v) is 3.53. The zero-order chi connectivity index (χ0) is 17.2. The van der Waals surface area contributed by atoms with Gasteiger partial charge in [0.1, 0.15) is 5.75 Å². The summed E-state index contributed by atoms with van der Waals surface area (Å²) in [7, 11) is 0. The van der Waals surface area contributed by atoms with Gasteiger partial charge in [-0.1, -0.05) is 44.1 Å². The minimum Gasteiger partial charge on any atom is -0.464 e. The van der Waals surface area contributed by atoms with Gasteiger partial charge in [-0.3, -0.25) is 0 Å². The Hall–Kier alpha value is -1.98. The molecule has 0 spiro atoms. The van der Waals surface area contributed by atoms with E-state index in [9.17, 15) is 0 Å². The molecule has 2 nitrogen and oxygen atoms in total. The Morgan fingerprint density at radius 3 is 2.39 bits per heavy atom. The van der Waals surface area contributed by atoms with E-state index in [0.717, 1.165) is 29.7 Å². The van der Waals surface area contributed by atoms with Gasteiger partial charge in [-0.05, 0) is 51.0 Å². The molecule has 0 saturated heterocycles. The van der Waals surface area contributed by atoms with Gasteiger partial charge in [0.15, 0.2) is 0 Å². The highest BCUT2D eigenvalue weighted by Crippen LogP contribution is 2.22. The van der Waals surface area contributed by atoms with E-state index < -0.39 is 0 Å². The van der Waals surface area contributed by atoms with Crippen LogP contribution in [-0.2, 0) is 4.74 Å². The molecule has 1 rings (SSSR count). The van der Waals surface area contributed by atoms with Crippen LogP contribution in [0.2, 0.25) is 0 Å². The van der Waals surface area contributed by atoms with Gasteiger partial charge in [0.25, 0.3) is 0 Å². The Bertz CT molecular complexity index is 546. The van der Waals surface area contributed by atoms with E-state index in [2.05, 4.69) is 38.5 Å². The van der Waals surface area contributed by atoms with Crippen LogP contribution in [0.5, 0.6) is 5.75 Å². The average Bonchev–Trinajstić information content (AvgIpc) is 2.55. The lowest BCUT2D eigenvalue weighted by Crippen LogP contribution is -2.31. The lowest BCUT2D eigenvalue weighted by molar-refractivity contribution is -0.130. The fraction of sp³-hybridized carbons (Fsp3) is 0.429. The molecule has 2 atom stereocenters. The van der Waals surface area contributed by atoms with Gasteiger partial charge in [0.05, 0.1) is 6.10 Å². The Labute approximate surface area is 141 Å². The third kappa shape index (κ3) is 6.76. The van der Waals surface area contributed by atoms with Crippen LogP contribution in [0.4, 0.5) is 0 Å². The van der Waals surface area contributed by atoms with E-state index in [-0.39, 0.29) is 18.3 Å². The molecule has 0 N–H and O–H groups in total. The van der Waals surface area contributed by atoms with E-state index >= 15 is 0 Å². The molecule has 1 aromatic rings. The molecule has 0 radical (unpaired) electrons. The van der Waals surface area contributed by atoms with E-state index in [1.165, 1.54) is 0 Å². The summed E-state index contributed by atoms with van der Waals surface area (Å²) in [6.45, 7) is 12.3. The maximum Gasteiger partial charge on any atom is 0.206 e. The second-order valence-corrected chi connectivity index (χ2v) is 5.78. The number of hydrogen-bond acceptors (Lipinski definition) is 2. The van der Waals surface area contributed by atoms with Gasteiger partial charge >= 0.3 is 0 Å². The molecule has 0 aliphatic carbocycles. The van der Waals surface area contributed by atoms with Gasteiger partial charge in [-0.25, -0.2) is 0 Å². The molecule has 0 aromatic heterocycles. The van der Waals surface area contributed by atoms with Crippen molar-refractivity contribution in [3.8, 4) is 18.1 Å². The highest BCUT2D eigenvalue weighted by molar-refractivity contribution is 5.36. The fourth-order valence-corrected chi connectivity index (χ4v) is 2.04. The monoisotopic (exact) mass is 312 g/mol. The molecule has 0 heterocycles. The number of allylic oxidation sites excluding steroid dienone is 2. The first-order valence-electron chi connectivity index (χ1n) is 8.24. The molecule has 2 unspecified atom stereocenters. The Kier molecular flexibility index (Phi) is 8.22. The van der Waals surface area contributed by atoms with Gasteiger partial charge < -0.3 is 9.47 Å². The van der Waals surface area contributed by atoms with Gasteiger partial charge in [0, 0.05) is 11.5 Å². The van der Waals surface area contributed by atoms with Crippen LogP contribution in [0.1, 0.15) is 46.1 Å². The summed E-state index contributed by atoms with van der Waals surface area (Å²) in [5, 5.41) is 0. The summed E-state index contributed by atoms with van der Waals surface area (Å²) in [6, 6.07) is 7.51. The minimum absolute atomic E-state index is 0.0850. The van der Waals surface area contributed by atoms with Gasteiger partial charge in [-0.2, -0.15) is 0 Å². The minimum atomic E-state index is -0.336. The SMILES string of the molecule is C#Cc1ccc(OC(OC(C)C)C(C=CC(=C)CC)CC)cc1. The molecule has 0 saturated carbocycles. The van der Waals surface area contributed by atoms with Crippen LogP contribution in [0.3, 0.4) is 0 Å². The molecule has 0 aliphatic heterocycles. The zero-order valence-electron chi connectivity index (χ0n) is 14.7. The first-order chi connectivity index (χ1) is 11.0. The topological polar surface area (TPSA) is 18.5 Å². The number of rotatable bonds is 9. The predicted molar refractivity (Wildman–Crippen MR) is 97.4 cm³/mol. The fourth-order valence-electron chi connectivity index (χ4n) is 2.04. The van der Waals surface area contributed by atoms with Crippen molar-refractivity contribution in [2.75, 3.05) is 0 Å². The Morgan fingerprint density at radius 1 is 1.26 bits per heavy atom. The lowest BCUT2D eigenvalue weighted by Gasteiger charge is -2.27. The number of terminal acetylenes is 1. The quantitative estimate of drug-likeness (QED) is 0.348. The molecular weight excluding hydrogens is 284 g/mol. The van der Waals surface area contributed by atoms with Crippen LogP contribution >= 0.6 is 0 Å². The molecule has 0 bridgehead atoms. The summed E-state index contributed by atoms with van der Waals surface area (Å²) >= 11 is 0. The van der Waals surface area contributed by atoms with E-state index in [1.807, 2.05) is 38.1 Å². The summed E-state index contributed by atoms with van der Waals surface area (Å²) in [4.78, 5) is 0. The maximum absolute atomic E-state index is 6.07. The van der Waals surface area contributed by atoms with E-state index in [1.54, 1.807) is 0 Å². The van der Waals surface area contributed by atoms with Gasteiger partial charge in [0.2, 0.25) is 6.29 Å². The van der Waals surface area contributed by atoms with E-state index in [4.69, 9.17) is 15.9 Å². The van der Waals surface area contributed by atoms with Crippen LogP contribution in [0.15, 0.2) is 48.6 Å². The summed E-state index contributed by atoms with van der Waals surface area (Å²) in [6.07, 6.45) is 11.2. The molecule has 0 aliphatic rings. The van der Waals surface area contributed by atoms with Crippen molar-refractivity contribution in [3.63, 3.8) is 0 Å². The van der Waals surface area contributed by atoms with Crippen LogP contribution in [-0.4, -0.2) is 12.4 Å². The van der Waals surface area contributed by atoms with Crippen molar-refractivity contribution < 1.29 is 9.47 Å². The zero-order valence-corrected chi connectivity index (χ0v) is 14.7. The molecule has 2 heteroatoms. The normalized spacial score (nSPS) is 13.7. The van der Waals surface area contributed by atoms with E-state index in [0.29, 0.717) is 0 Å². The largest absolute Gasteiger partial charge is 0.464 e. The third-order valence-electron chi connectivity index (χ3n) is 3.53. The Balaban J connectivity index is 2.89. The predicted octanol–water partition coefficient (Wildman–Crippen LogP) is 5.35. The van der Waals surface area contributed by atoms with Crippen molar-refractivity contribution in [2.45, 2.75) is 52.9 Å². The van der Waals surface area contributed by atoms with Crippen LogP contribution in [0.25, 0.3) is 0 Å². The van der Waals surface area contributed by atoms with Crippen molar-refractivity contribution >= 4 is 0 Å². The number of hydrogen-bond donors (Lipinski definition) is 0. The lowest BCUT2D eigenvalue weighted by atomic mass is 10.0. The second kappa shape index (κ2) is 9.92. The van der Waals surface area contributed by atoms with Crippen LogP contribution < -0.4 is 4.74 Å². The molecule has 0 fully saturated rings. The molecule has 0 amide bonds. The summed E-state index contributed by atoms with van der Waals surface area (Å²) < 4.78 is 12.1. The first kappa shape index (κ1) is 19.1. The summed E-state index contributed by atoms with van der Waals surface area (Å²) in [5.74, 6) is 3.53.